The number of aromatic nitrogens is 1. The largest absolute Gasteiger partial charge is 0.434 e. The van der Waals surface area contributed by atoms with Gasteiger partial charge in [0.15, 0.2) is 11.7 Å². The number of guanidine groups is 1. The molecule has 162 valence electrons. The van der Waals surface area contributed by atoms with Crippen molar-refractivity contribution in [3.63, 3.8) is 0 Å². The zero-order valence-electron chi connectivity index (χ0n) is 16.7. The summed E-state index contributed by atoms with van der Waals surface area (Å²) in [4.78, 5) is 10.7. The summed E-state index contributed by atoms with van der Waals surface area (Å²) in [6, 6.07) is 0.378. The van der Waals surface area contributed by atoms with Gasteiger partial charge in [0.2, 0.25) is 0 Å². The van der Waals surface area contributed by atoms with Gasteiger partial charge in [0.05, 0.1) is 5.01 Å². The topological polar surface area (TPSA) is 52.6 Å². The number of nitrogens with zero attached hydrogens (tertiary/aromatic N) is 3. The standard InChI is InChI=1S/C18H30F3N5S.HI/c1-4-22-17(24-14-6-9-26(10-7-14)11-13(2)3)23-8-5-16-25-15(12-27-16)18(19,20)21;/h12-14H,4-11H2,1-3H3,(H2,22,23,24);1H. The van der Waals surface area contributed by atoms with Gasteiger partial charge in [-0.1, -0.05) is 13.8 Å². The second kappa shape index (κ2) is 12.2. The molecular formula is C18H31F3IN5S. The molecule has 1 saturated heterocycles. The first-order chi connectivity index (χ1) is 12.8. The number of hydrogen-bond acceptors (Lipinski definition) is 4. The van der Waals surface area contributed by atoms with Crippen LogP contribution in [-0.4, -0.2) is 54.6 Å². The molecule has 0 saturated carbocycles. The highest BCUT2D eigenvalue weighted by molar-refractivity contribution is 14.0. The smallest absolute Gasteiger partial charge is 0.357 e. The Morgan fingerprint density at radius 1 is 1.36 bits per heavy atom. The second-order valence-corrected chi connectivity index (χ2v) is 8.19. The van der Waals surface area contributed by atoms with Gasteiger partial charge in [-0.25, -0.2) is 4.98 Å². The zero-order valence-corrected chi connectivity index (χ0v) is 19.8. The van der Waals surface area contributed by atoms with Gasteiger partial charge in [-0.2, -0.15) is 13.2 Å². The van der Waals surface area contributed by atoms with Gasteiger partial charge >= 0.3 is 6.18 Å². The highest BCUT2D eigenvalue weighted by Gasteiger charge is 2.33. The van der Waals surface area contributed by atoms with Crippen molar-refractivity contribution in [3.8, 4) is 0 Å². The Bertz CT molecular complexity index is 598. The van der Waals surface area contributed by atoms with Crippen LogP contribution in [0.5, 0.6) is 0 Å². The van der Waals surface area contributed by atoms with Gasteiger partial charge in [0.25, 0.3) is 0 Å². The number of halogens is 4. The van der Waals surface area contributed by atoms with E-state index in [0.29, 0.717) is 29.9 Å². The summed E-state index contributed by atoms with van der Waals surface area (Å²) in [5.41, 5.74) is -0.815. The molecule has 10 heteroatoms. The molecule has 0 bridgehead atoms. The Hall–Kier alpha value is -0.620. The number of rotatable bonds is 7. The third-order valence-corrected chi connectivity index (χ3v) is 5.24. The Balaban J connectivity index is 0.00000392. The summed E-state index contributed by atoms with van der Waals surface area (Å²) < 4.78 is 37.8. The Labute approximate surface area is 186 Å². The van der Waals surface area contributed by atoms with Crippen LogP contribution in [0.1, 0.15) is 44.3 Å². The molecule has 0 spiro atoms. The van der Waals surface area contributed by atoms with Crippen LogP contribution >= 0.6 is 35.3 Å². The SMILES string of the molecule is CCNC(=NCCc1nc(C(F)(F)F)cs1)NC1CCN(CC(C)C)CC1.I. The number of aliphatic imine (C=N–C) groups is 1. The fourth-order valence-corrected chi connectivity index (χ4v) is 3.90. The summed E-state index contributed by atoms with van der Waals surface area (Å²) in [5, 5.41) is 8.20. The van der Waals surface area contributed by atoms with E-state index >= 15 is 0 Å². The van der Waals surface area contributed by atoms with Gasteiger partial charge in [-0.05, 0) is 25.7 Å². The predicted octanol–water partition coefficient (Wildman–Crippen LogP) is 4.00. The maximum absolute atomic E-state index is 12.6. The highest BCUT2D eigenvalue weighted by Crippen LogP contribution is 2.30. The maximum Gasteiger partial charge on any atom is 0.434 e. The van der Waals surface area contributed by atoms with Crippen LogP contribution in [0.4, 0.5) is 13.2 Å². The highest BCUT2D eigenvalue weighted by atomic mass is 127. The summed E-state index contributed by atoms with van der Waals surface area (Å²) >= 11 is 1.04. The molecule has 0 atom stereocenters. The second-order valence-electron chi connectivity index (χ2n) is 7.25. The summed E-state index contributed by atoms with van der Waals surface area (Å²) in [7, 11) is 0. The first kappa shape index (κ1) is 25.4. The molecule has 0 amide bonds. The first-order valence-electron chi connectivity index (χ1n) is 9.56. The average molecular weight is 533 g/mol. The molecule has 0 unspecified atom stereocenters. The van der Waals surface area contributed by atoms with Gasteiger partial charge in [0.1, 0.15) is 0 Å². The van der Waals surface area contributed by atoms with Gasteiger partial charge < -0.3 is 15.5 Å². The minimum Gasteiger partial charge on any atom is -0.357 e. The normalized spacial score (nSPS) is 16.9. The summed E-state index contributed by atoms with van der Waals surface area (Å²) in [6.07, 6.45) is -1.83. The lowest BCUT2D eigenvalue weighted by molar-refractivity contribution is -0.140. The van der Waals surface area contributed by atoms with Crippen LogP contribution in [0, 0.1) is 5.92 Å². The van der Waals surface area contributed by atoms with Crippen molar-refractivity contribution in [2.24, 2.45) is 10.9 Å². The number of alkyl halides is 3. The van der Waals surface area contributed by atoms with E-state index in [1.54, 1.807) is 0 Å². The van der Waals surface area contributed by atoms with Crippen LogP contribution in [0.15, 0.2) is 10.4 Å². The van der Waals surface area contributed by atoms with Gasteiger partial charge in [0, 0.05) is 50.6 Å². The minimum absolute atomic E-state index is 0. The van der Waals surface area contributed by atoms with Crippen molar-refractivity contribution in [3.05, 3.63) is 16.1 Å². The number of piperidine rings is 1. The molecule has 5 nitrogen and oxygen atoms in total. The molecule has 1 aliphatic heterocycles. The van der Waals surface area contributed by atoms with Crippen molar-refractivity contribution >= 4 is 41.3 Å². The van der Waals surface area contributed by atoms with Crippen LogP contribution in [0.2, 0.25) is 0 Å². The summed E-state index contributed by atoms with van der Waals surface area (Å²) in [6.45, 7) is 10.9. The van der Waals surface area contributed by atoms with E-state index in [1.807, 2.05) is 6.92 Å². The van der Waals surface area contributed by atoms with Gasteiger partial charge in [-0.15, -0.1) is 35.3 Å². The Morgan fingerprint density at radius 2 is 2.04 bits per heavy atom. The third-order valence-electron chi connectivity index (χ3n) is 4.33. The van der Waals surface area contributed by atoms with Crippen molar-refractivity contribution in [2.45, 2.75) is 52.3 Å². The molecule has 0 aliphatic carbocycles. The minimum atomic E-state index is -4.38. The fraction of sp³-hybridized carbons (Fsp3) is 0.778. The van der Waals surface area contributed by atoms with E-state index in [0.717, 1.165) is 61.7 Å². The quantitative estimate of drug-likeness (QED) is 0.316. The van der Waals surface area contributed by atoms with E-state index in [1.165, 1.54) is 0 Å². The van der Waals surface area contributed by atoms with E-state index in [9.17, 15) is 13.2 Å². The fourth-order valence-electron chi connectivity index (χ4n) is 3.11. The number of nitrogens with one attached hydrogen (secondary N) is 2. The van der Waals surface area contributed by atoms with E-state index in [-0.39, 0.29) is 24.0 Å². The van der Waals surface area contributed by atoms with Crippen molar-refractivity contribution < 1.29 is 13.2 Å². The molecule has 2 rings (SSSR count). The lowest BCUT2D eigenvalue weighted by atomic mass is 10.0. The van der Waals surface area contributed by atoms with Crippen molar-refractivity contribution in [1.82, 2.24) is 20.5 Å². The maximum atomic E-state index is 12.6. The van der Waals surface area contributed by atoms with E-state index < -0.39 is 11.9 Å². The number of thiazole rings is 1. The molecule has 0 radical (unpaired) electrons. The zero-order chi connectivity index (χ0) is 19.9. The molecule has 0 aromatic carbocycles. The summed E-state index contributed by atoms with van der Waals surface area (Å²) in [5.74, 6) is 1.41. The average Bonchev–Trinajstić information content (AvgIpc) is 3.05. The van der Waals surface area contributed by atoms with Crippen LogP contribution in [0.3, 0.4) is 0 Å². The van der Waals surface area contributed by atoms with Crippen LogP contribution < -0.4 is 10.6 Å². The molecule has 1 fully saturated rings. The molecule has 28 heavy (non-hydrogen) atoms. The van der Waals surface area contributed by atoms with E-state index in [2.05, 4.69) is 39.4 Å². The Morgan fingerprint density at radius 3 is 2.57 bits per heavy atom. The molecule has 1 aromatic rings. The molecular weight excluding hydrogens is 502 g/mol. The van der Waals surface area contributed by atoms with Crippen LogP contribution in [-0.2, 0) is 12.6 Å². The number of likely N-dealkylation sites (tertiary alicyclic amines) is 1. The van der Waals surface area contributed by atoms with Crippen LogP contribution in [0.25, 0.3) is 0 Å². The van der Waals surface area contributed by atoms with Crippen molar-refractivity contribution in [2.75, 3.05) is 32.7 Å². The third kappa shape index (κ3) is 8.81. The van der Waals surface area contributed by atoms with Crippen molar-refractivity contribution in [1.29, 1.82) is 0 Å². The molecule has 2 N–H and O–H groups in total. The molecule has 1 aromatic heterocycles. The predicted molar refractivity (Wildman–Crippen MR) is 120 cm³/mol. The number of hydrogen-bond donors (Lipinski definition) is 2. The lowest BCUT2D eigenvalue weighted by Crippen LogP contribution is -2.49. The molecule has 1 aliphatic rings. The lowest BCUT2D eigenvalue weighted by Gasteiger charge is -2.34. The van der Waals surface area contributed by atoms with E-state index in [4.69, 9.17) is 0 Å². The molecule has 2 heterocycles. The Kier molecular flexibility index (Phi) is 11.0. The van der Waals surface area contributed by atoms with Gasteiger partial charge in [-0.3, -0.25) is 4.99 Å². The first-order valence-corrected chi connectivity index (χ1v) is 10.4. The monoisotopic (exact) mass is 533 g/mol.